The first kappa shape index (κ1) is 31.4. The molecule has 222 valence electrons. The molecule has 0 aliphatic carbocycles. The molecule has 1 amide bonds. The smallest absolute Gasteiger partial charge is 0.415 e. The third-order valence-electron chi connectivity index (χ3n) is 8.16. The Bertz CT molecular complexity index is 1440. The van der Waals surface area contributed by atoms with Gasteiger partial charge in [-0.3, -0.25) is 9.59 Å². The van der Waals surface area contributed by atoms with Crippen LogP contribution in [0.15, 0.2) is 65.6 Å². The van der Waals surface area contributed by atoms with Crippen molar-refractivity contribution in [2.75, 3.05) is 19.3 Å². The molecular weight excluding hydrogens is 546 g/mol. The molecule has 0 saturated carbocycles. The predicted octanol–water partition coefficient (Wildman–Crippen LogP) is 7.99. The van der Waals surface area contributed by atoms with Crippen LogP contribution in [-0.4, -0.2) is 47.5 Å². The molecule has 0 aromatic heterocycles. The van der Waals surface area contributed by atoms with Gasteiger partial charge in [-0.25, -0.2) is 4.79 Å². The predicted molar refractivity (Wildman–Crippen MR) is 168 cm³/mol. The van der Waals surface area contributed by atoms with Gasteiger partial charge in [-0.15, -0.1) is 11.8 Å². The van der Waals surface area contributed by atoms with Crippen LogP contribution in [0.2, 0.25) is 0 Å². The van der Waals surface area contributed by atoms with Crippen LogP contribution in [-0.2, 0) is 4.79 Å². The molecule has 0 spiro atoms. The van der Waals surface area contributed by atoms with Crippen molar-refractivity contribution in [2.45, 2.75) is 70.8 Å². The van der Waals surface area contributed by atoms with Crippen molar-refractivity contribution in [1.29, 1.82) is 0 Å². The maximum absolute atomic E-state index is 13.9. The van der Waals surface area contributed by atoms with E-state index in [4.69, 9.17) is 9.47 Å². The summed E-state index contributed by atoms with van der Waals surface area (Å²) in [6.07, 6.45) is 1.53. The lowest BCUT2D eigenvalue weighted by molar-refractivity contribution is -0.129. The number of likely N-dealkylation sites (tertiary alicyclic amines) is 1. The van der Waals surface area contributed by atoms with E-state index in [-0.39, 0.29) is 24.0 Å². The zero-order valence-corrected chi connectivity index (χ0v) is 26.6. The van der Waals surface area contributed by atoms with E-state index < -0.39 is 17.6 Å². The van der Waals surface area contributed by atoms with Crippen LogP contribution < -0.4 is 9.47 Å². The second kappa shape index (κ2) is 12.7. The quantitative estimate of drug-likeness (QED) is 0.187. The van der Waals surface area contributed by atoms with Crippen molar-refractivity contribution in [2.24, 2.45) is 5.92 Å². The van der Waals surface area contributed by atoms with Gasteiger partial charge in [0, 0.05) is 35.4 Å². The standard InChI is InChI=1S/C35H41NO5S/c1-21(2)25-9-13-28(14-10-25)40-34(39)36-19-30(31(20-36)32(38)26-11-15-29(42-8)16-12-26)27-17-22(3)33(23(4)18-27)41-35(6,7)24(5)37/h9-18,21,30-31H,19-20H2,1-8H3. The molecule has 7 heteroatoms. The Morgan fingerprint density at radius 1 is 0.929 bits per heavy atom. The number of ether oxygens (including phenoxy) is 2. The van der Waals surface area contributed by atoms with Gasteiger partial charge in [0.1, 0.15) is 11.5 Å². The molecule has 42 heavy (non-hydrogen) atoms. The van der Waals surface area contributed by atoms with Gasteiger partial charge in [0.15, 0.2) is 17.2 Å². The lowest BCUT2D eigenvalue weighted by Crippen LogP contribution is -2.36. The van der Waals surface area contributed by atoms with Crippen LogP contribution in [0.25, 0.3) is 0 Å². The molecule has 2 atom stereocenters. The fourth-order valence-corrected chi connectivity index (χ4v) is 5.71. The third-order valence-corrected chi connectivity index (χ3v) is 8.90. The van der Waals surface area contributed by atoms with Crippen molar-refractivity contribution >= 4 is 29.4 Å². The average molecular weight is 588 g/mol. The molecule has 1 saturated heterocycles. The molecule has 0 bridgehead atoms. The van der Waals surface area contributed by atoms with E-state index in [1.54, 1.807) is 30.5 Å². The Labute approximate surface area is 253 Å². The van der Waals surface area contributed by atoms with Crippen molar-refractivity contribution in [1.82, 2.24) is 4.90 Å². The van der Waals surface area contributed by atoms with Crippen LogP contribution >= 0.6 is 11.8 Å². The molecule has 4 rings (SSSR count). The number of benzene rings is 3. The van der Waals surface area contributed by atoms with Crippen molar-refractivity contribution in [3.63, 3.8) is 0 Å². The van der Waals surface area contributed by atoms with Crippen LogP contribution in [0, 0.1) is 19.8 Å². The lowest BCUT2D eigenvalue weighted by atomic mass is 9.82. The maximum atomic E-state index is 13.9. The molecule has 3 aromatic carbocycles. The van der Waals surface area contributed by atoms with E-state index >= 15 is 0 Å². The fraction of sp³-hybridized carbons (Fsp3) is 0.400. The minimum atomic E-state index is -0.959. The zero-order valence-electron chi connectivity index (χ0n) is 25.8. The van der Waals surface area contributed by atoms with Crippen molar-refractivity contribution in [3.8, 4) is 11.5 Å². The van der Waals surface area contributed by atoms with E-state index in [0.717, 1.165) is 21.6 Å². The summed E-state index contributed by atoms with van der Waals surface area (Å²) in [5.41, 5.74) is 3.54. The van der Waals surface area contributed by atoms with Crippen molar-refractivity contribution < 1.29 is 23.9 Å². The Balaban J connectivity index is 1.64. The van der Waals surface area contributed by atoms with E-state index in [1.165, 1.54) is 12.5 Å². The van der Waals surface area contributed by atoms with Gasteiger partial charge in [-0.05, 0) is 93.3 Å². The summed E-state index contributed by atoms with van der Waals surface area (Å²) < 4.78 is 11.9. The van der Waals surface area contributed by atoms with E-state index in [1.807, 2.05) is 80.8 Å². The van der Waals surface area contributed by atoms with Crippen LogP contribution in [0.4, 0.5) is 4.79 Å². The fourth-order valence-electron chi connectivity index (χ4n) is 5.30. The number of Topliss-reactive ketones (excluding diaryl/α,β-unsaturated/α-hetero) is 2. The lowest BCUT2D eigenvalue weighted by Gasteiger charge is -2.27. The molecule has 1 heterocycles. The normalized spacial score (nSPS) is 16.9. The van der Waals surface area contributed by atoms with Crippen LogP contribution in [0.3, 0.4) is 0 Å². The number of thioether (sulfide) groups is 1. The minimum Gasteiger partial charge on any atom is -0.480 e. The minimum absolute atomic E-state index is 0.00224. The highest BCUT2D eigenvalue weighted by atomic mass is 32.2. The van der Waals surface area contributed by atoms with E-state index in [2.05, 4.69) is 13.8 Å². The van der Waals surface area contributed by atoms with Crippen LogP contribution in [0.5, 0.6) is 11.5 Å². The first-order valence-electron chi connectivity index (χ1n) is 14.4. The molecule has 1 aliphatic heterocycles. The Morgan fingerprint density at radius 3 is 2.05 bits per heavy atom. The average Bonchev–Trinajstić information content (AvgIpc) is 3.40. The first-order valence-corrected chi connectivity index (χ1v) is 15.6. The Morgan fingerprint density at radius 2 is 1.52 bits per heavy atom. The highest BCUT2D eigenvalue weighted by Gasteiger charge is 2.42. The Hall–Kier alpha value is -3.58. The van der Waals surface area contributed by atoms with Gasteiger partial charge < -0.3 is 14.4 Å². The van der Waals surface area contributed by atoms with Gasteiger partial charge >= 0.3 is 6.09 Å². The number of nitrogens with zero attached hydrogens (tertiary/aromatic N) is 1. The second-order valence-corrected chi connectivity index (χ2v) is 12.8. The molecule has 1 fully saturated rings. The summed E-state index contributed by atoms with van der Waals surface area (Å²) in [5, 5.41) is 0. The molecular formula is C35H41NO5S. The SMILES string of the molecule is CSc1ccc(C(=O)C2CN(C(=O)Oc3ccc(C(C)C)cc3)CC2c2cc(C)c(OC(C)(C)C(C)=O)c(C)c2)cc1. The zero-order chi connectivity index (χ0) is 30.8. The molecule has 0 radical (unpaired) electrons. The number of hydrogen-bond acceptors (Lipinski definition) is 6. The molecule has 3 aromatic rings. The number of carbonyl (C=O) groups is 3. The number of rotatable bonds is 9. The van der Waals surface area contributed by atoms with Gasteiger partial charge in [0.25, 0.3) is 0 Å². The molecule has 6 nitrogen and oxygen atoms in total. The van der Waals surface area contributed by atoms with E-state index in [9.17, 15) is 14.4 Å². The topological polar surface area (TPSA) is 72.9 Å². The first-order chi connectivity index (χ1) is 19.8. The number of amides is 1. The number of aryl methyl sites for hydroxylation is 2. The summed E-state index contributed by atoms with van der Waals surface area (Å²) in [6, 6.07) is 19.2. The van der Waals surface area contributed by atoms with E-state index in [0.29, 0.717) is 29.5 Å². The van der Waals surface area contributed by atoms with Crippen LogP contribution in [0.1, 0.15) is 79.1 Å². The summed E-state index contributed by atoms with van der Waals surface area (Å²) >= 11 is 1.62. The number of ketones is 2. The van der Waals surface area contributed by atoms with Crippen molar-refractivity contribution in [3.05, 3.63) is 88.5 Å². The van der Waals surface area contributed by atoms with Gasteiger partial charge in [-0.1, -0.05) is 50.2 Å². The summed E-state index contributed by atoms with van der Waals surface area (Å²) in [7, 11) is 0. The highest BCUT2D eigenvalue weighted by Crippen LogP contribution is 2.39. The highest BCUT2D eigenvalue weighted by molar-refractivity contribution is 7.98. The maximum Gasteiger partial charge on any atom is 0.415 e. The summed E-state index contributed by atoms with van der Waals surface area (Å²) in [6.45, 7) is 13.8. The van der Waals surface area contributed by atoms with Gasteiger partial charge in [-0.2, -0.15) is 0 Å². The Kier molecular flexibility index (Phi) is 9.51. The second-order valence-electron chi connectivity index (χ2n) is 12.0. The number of hydrogen-bond donors (Lipinski definition) is 0. The third kappa shape index (κ3) is 6.89. The van der Waals surface area contributed by atoms with Gasteiger partial charge in [0.05, 0.1) is 0 Å². The largest absolute Gasteiger partial charge is 0.480 e. The monoisotopic (exact) mass is 587 g/mol. The molecule has 1 aliphatic rings. The number of carbonyl (C=O) groups excluding carboxylic acids is 3. The van der Waals surface area contributed by atoms with Gasteiger partial charge in [0.2, 0.25) is 0 Å². The summed E-state index contributed by atoms with van der Waals surface area (Å²) in [4.78, 5) is 42.1. The summed E-state index contributed by atoms with van der Waals surface area (Å²) in [5.74, 6) is 0.771. The molecule has 0 N–H and O–H groups in total. The molecule has 2 unspecified atom stereocenters.